The fourth-order valence-electron chi connectivity index (χ4n) is 3.11. The number of hydrogen-bond acceptors (Lipinski definition) is 7. The zero-order chi connectivity index (χ0) is 22.6. The molecule has 0 spiro atoms. The van der Waals surface area contributed by atoms with E-state index in [0.29, 0.717) is 16.6 Å². The molecule has 2 heterocycles. The van der Waals surface area contributed by atoms with E-state index in [9.17, 15) is 8.42 Å². The lowest BCUT2D eigenvalue weighted by molar-refractivity contribution is 0.395. The van der Waals surface area contributed by atoms with E-state index >= 15 is 0 Å². The Labute approximate surface area is 190 Å². The number of thiazole rings is 1. The first-order chi connectivity index (χ1) is 15.5. The molecule has 0 N–H and O–H groups in total. The molecule has 0 aliphatic carbocycles. The Hall–Kier alpha value is -3.21. The van der Waals surface area contributed by atoms with Crippen molar-refractivity contribution in [2.45, 2.75) is 18.1 Å². The second-order valence-corrected chi connectivity index (χ2v) is 9.64. The summed E-state index contributed by atoms with van der Waals surface area (Å²) < 4.78 is 40.4. The van der Waals surface area contributed by atoms with Gasteiger partial charge >= 0.3 is 0 Å². The van der Waals surface area contributed by atoms with Gasteiger partial charge in [0.2, 0.25) is 5.13 Å². The lowest BCUT2D eigenvalue weighted by atomic mass is 10.2. The van der Waals surface area contributed by atoms with E-state index in [2.05, 4.69) is 10.1 Å². The zero-order valence-corrected chi connectivity index (χ0v) is 19.2. The summed E-state index contributed by atoms with van der Waals surface area (Å²) in [6.07, 6.45) is 3.25. The van der Waals surface area contributed by atoms with Crippen molar-refractivity contribution in [3.63, 3.8) is 0 Å². The van der Waals surface area contributed by atoms with Gasteiger partial charge in [-0.1, -0.05) is 24.3 Å². The summed E-state index contributed by atoms with van der Waals surface area (Å²) in [6.45, 7) is 0.366. The van der Waals surface area contributed by atoms with E-state index in [4.69, 9.17) is 9.47 Å². The van der Waals surface area contributed by atoms with Crippen LogP contribution in [0.2, 0.25) is 0 Å². The molecule has 0 aliphatic heterocycles. The van der Waals surface area contributed by atoms with Crippen molar-refractivity contribution in [1.29, 1.82) is 0 Å². The average Bonchev–Trinajstić information content (AvgIpc) is 3.52. The van der Waals surface area contributed by atoms with E-state index in [0.717, 1.165) is 11.1 Å². The second-order valence-electron chi connectivity index (χ2n) is 6.88. The second kappa shape index (κ2) is 9.51. The molecule has 10 heteroatoms. The van der Waals surface area contributed by atoms with Crippen LogP contribution in [0.5, 0.6) is 11.5 Å². The van der Waals surface area contributed by atoms with Crippen LogP contribution in [0.3, 0.4) is 0 Å². The number of sulfonamides is 1. The fraction of sp³-hybridized carbons (Fsp3) is 0.182. The van der Waals surface area contributed by atoms with Gasteiger partial charge in [-0.2, -0.15) is 9.40 Å². The van der Waals surface area contributed by atoms with Gasteiger partial charge in [-0.3, -0.25) is 0 Å². The number of hydrogen-bond donors (Lipinski definition) is 0. The van der Waals surface area contributed by atoms with Crippen LogP contribution in [0.4, 0.5) is 0 Å². The van der Waals surface area contributed by atoms with Crippen molar-refractivity contribution in [3.8, 4) is 16.6 Å². The molecule has 2 aromatic carbocycles. The van der Waals surface area contributed by atoms with Gasteiger partial charge in [-0.05, 0) is 41.5 Å². The van der Waals surface area contributed by atoms with E-state index in [1.165, 1.54) is 26.4 Å². The van der Waals surface area contributed by atoms with Crippen LogP contribution in [-0.4, -0.2) is 41.7 Å². The Balaban J connectivity index is 1.65. The van der Waals surface area contributed by atoms with E-state index in [1.807, 2.05) is 53.9 Å². The highest BCUT2D eigenvalue weighted by molar-refractivity contribution is 7.89. The molecule has 0 atom stereocenters. The van der Waals surface area contributed by atoms with Gasteiger partial charge in [0.15, 0.2) is 5.03 Å². The normalized spacial score (nSPS) is 11.6. The van der Waals surface area contributed by atoms with Gasteiger partial charge in [0.1, 0.15) is 11.5 Å². The summed E-state index contributed by atoms with van der Waals surface area (Å²) in [5, 5.41) is 6.66. The van der Waals surface area contributed by atoms with Gasteiger partial charge in [0.25, 0.3) is 10.0 Å². The van der Waals surface area contributed by atoms with Crippen molar-refractivity contribution in [3.05, 3.63) is 83.5 Å². The van der Waals surface area contributed by atoms with Gasteiger partial charge in [-0.25, -0.2) is 18.1 Å². The number of ether oxygens (including phenoxy) is 2. The lowest BCUT2D eigenvalue weighted by Crippen LogP contribution is -2.30. The minimum absolute atomic E-state index is 0.0327. The molecule has 166 valence electrons. The van der Waals surface area contributed by atoms with Crippen LogP contribution in [0, 0.1) is 0 Å². The van der Waals surface area contributed by atoms with E-state index in [1.54, 1.807) is 26.6 Å². The first-order valence-electron chi connectivity index (χ1n) is 9.71. The van der Waals surface area contributed by atoms with Crippen molar-refractivity contribution < 1.29 is 17.9 Å². The molecule has 2 aromatic heterocycles. The first-order valence-corrected chi connectivity index (χ1v) is 12.0. The van der Waals surface area contributed by atoms with Crippen molar-refractivity contribution >= 4 is 21.4 Å². The molecule has 0 bridgehead atoms. The van der Waals surface area contributed by atoms with Gasteiger partial charge in [-0.15, -0.1) is 11.3 Å². The molecule has 32 heavy (non-hydrogen) atoms. The number of rotatable bonds is 9. The molecule has 4 aromatic rings. The maximum absolute atomic E-state index is 13.6. The number of methoxy groups -OCH3 is 2. The standard InChI is InChI=1S/C22H22N4O4S2/c1-29-19-7-3-17(4-8-19)15-25(16-18-5-9-20(30-2)10-6-18)32(27,28)21-11-13-26(24-21)22-23-12-14-31-22/h3-14H,15-16H2,1-2H3. The van der Waals surface area contributed by atoms with Crippen LogP contribution in [-0.2, 0) is 23.1 Å². The quantitative estimate of drug-likeness (QED) is 0.370. The Kier molecular flexibility index (Phi) is 6.54. The molecule has 0 aliphatic rings. The maximum atomic E-state index is 13.6. The van der Waals surface area contributed by atoms with Crippen LogP contribution in [0.25, 0.3) is 5.13 Å². The molecule has 0 unspecified atom stereocenters. The monoisotopic (exact) mass is 470 g/mol. The number of benzene rings is 2. The van der Waals surface area contributed by atoms with Crippen molar-refractivity contribution in [2.24, 2.45) is 0 Å². The average molecular weight is 471 g/mol. The van der Waals surface area contributed by atoms with Crippen LogP contribution >= 0.6 is 11.3 Å². The highest BCUT2D eigenvalue weighted by atomic mass is 32.2. The van der Waals surface area contributed by atoms with Gasteiger partial charge < -0.3 is 9.47 Å². The Morgan fingerprint density at radius 3 is 1.94 bits per heavy atom. The predicted octanol–water partition coefficient (Wildman–Crippen LogP) is 3.74. The van der Waals surface area contributed by atoms with Crippen molar-refractivity contribution in [1.82, 2.24) is 19.1 Å². The first kappa shape index (κ1) is 22.0. The largest absolute Gasteiger partial charge is 0.497 e. The zero-order valence-electron chi connectivity index (χ0n) is 17.6. The summed E-state index contributed by atoms with van der Waals surface area (Å²) in [4.78, 5) is 4.18. The molecule has 0 fully saturated rings. The lowest BCUT2D eigenvalue weighted by Gasteiger charge is -2.21. The smallest absolute Gasteiger partial charge is 0.263 e. The van der Waals surface area contributed by atoms with Gasteiger partial charge in [0.05, 0.1) is 14.2 Å². The molecule has 4 rings (SSSR count). The Bertz CT molecular complexity index is 1200. The molecule has 0 saturated heterocycles. The van der Waals surface area contributed by atoms with Gasteiger partial charge in [0, 0.05) is 30.9 Å². The highest BCUT2D eigenvalue weighted by Crippen LogP contribution is 2.23. The van der Waals surface area contributed by atoms with Crippen LogP contribution < -0.4 is 9.47 Å². The SMILES string of the molecule is COc1ccc(CN(Cc2ccc(OC)cc2)S(=O)(=O)c2ccn(-c3nccs3)n2)cc1. The minimum Gasteiger partial charge on any atom is -0.497 e. The minimum atomic E-state index is -3.88. The molecular formula is C22H22N4O4S2. The van der Waals surface area contributed by atoms with Crippen LogP contribution in [0.15, 0.2) is 77.4 Å². The Morgan fingerprint density at radius 2 is 1.47 bits per heavy atom. The Morgan fingerprint density at radius 1 is 0.906 bits per heavy atom. The summed E-state index contributed by atoms with van der Waals surface area (Å²) in [6, 6.07) is 16.1. The summed E-state index contributed by atoms with van der Waals surface area (Å²) >= 11 is 1.38. The van der Waals surface area contributed by atoms with E-state index in [-0.39, 0.29) is 18.1 Å². The van der Waals surface area contributed by atoms with E-state index < -0.39 is 10.0 Å². The summed E-state index contributed by atoms with van der Waals surface area (Å²) in [5.41, 5.74) is 1.67. The molecular weight excluding hydrogens is 448 g/mol. The third-order valence-corrected chi connectivity index (χ3v) is 7.27. The highest BCUT2D eigenvalue weighted by Gasteiger charge is 2.28. The third-order valence-electron chi connectivity index (χ3n) is 4.82. The predicted molar refractivity (Wildman–Crippen MR) is 122 cm³/mol. The van der Waals surface area contributed by atoms with Crippen molar-refractivity contribution in [2.75, 3.05) is 14.2 Å². The number of aromatic nitrogens is 3. The van der Waals surface area contributed by atoms with Crippen LogP contribution in [0.1, 0.15) is 11.1 Å². The molecule has 0 radical (unpaired) electrons. The topological polar surface area (TPSA) is 86.5 Å². The summed E-state index contributed by atoms with van der Waals surface area (Å²) in [5.74, 6) is 1.42. The third kappa shape index (κ3) is 4.82. The summed E-state index contributed by atoms with van der Waals surface area (Å²) in [7, 11) is -0.700. The molecule has 0 amide bonds. The fourth-order valence-corrected chi connectivity index (χ4v) is 5.01. The molecule has 0 saturated carbocycles. The maximum Gasteiger partial charge on any atom is 0.263 e. The number of nitrogens with zero attached hydrogens (tertiary/aromatic N) is 4. The molecule has 8 nitrogen and oxygen atoms in total.